The lowest BCUT2D eigenvalue weighted by molar-refractivity contribution is 0.953. The van der Waals surface area contributed by atoms with Gasteiger partial charge in [-0.15, -0.1) is 0 Å². The average molecular weight is 477 g/mol. The van der Waals surface area contributed by atoms with E-state index in [9.17, 15) is 0 Å². The normalized spacial score (nSPS) is 11.3. The Morgan fingerprint density at radius 1 is 0.531 bits per heavy atom. The van der Waals surface area contributed by atoms with Crippen molar-refractivity contribution in [1.29, 1.82) is 0 Å². The minimum atomic E-state index is 0.603. The minimum Gasteiger partial charge on any atom is -0.278 e. The topological polar surface area (TPSA) is 43.6 Å². The number of nitrogens with zero attached hydrogens (tertiary/aromatic N) is 4. The lowest BCUT2D eigenvalue weighted by Crippen LogP contribution is -2.06. The molecule has 0 aliphatic rings. The fraction of sp³-hybridized carbons (Fsp3) is 0. The molecule has 0 fully saturated rings. The summed E-state index contributed by atoms with van der Waals surface area (Å²) in [5, 5.41) is 2.31. The van der Waals surface area contributed by atoms with Crippen molar-refractivity contribution >= 4 is 37.7 Å². The lowest BCUT2D eigenvalue weighted by Gasteiger charge is -2.10. The lowest BCUT2D eigenvalue weighted by atomic mass is 10.2. The molecule has 2 heterocycles. The van der Waals surface area contributed by atoms with Gasteiger partial charge in [-0.25, -0.2) is 4.98 Å². The molecule has 5 heteroatoms. The van der Waals surface area contributed by atoms with Gasteiger partial charge in [-0.05, 0) is 24.3 Å². The summed E-state index contributed by atoms with van der Waals surface area (Å²) in [6.07, 6.45) is 0. The molecule has 0 radical (unpaired) electrons. The van der Waals surface area contributed by atoms with Crippen LogP contribution < -0.4 is 0 Å². The summed E-state index contributed by atoms with van der Waals surface area (Å²) in [6, 6.07) is 34.7. The Hall–Kier alpha value is -3.83. The Balaban J connectivity index is 1.70. The maximum Gasteiger partial charge on any atom is 0.238 e. The third-order valence-corrected chi connectivity index (χ3v) is 6.02. The molecule has 0 amide bonds. The highest BCUT2D eigenvalue weighted by molar-refractivity contribution is 9.10. The average Bonchev–Trinajstić information content (AvgIpc) is 3.18. The number of halogens is 1. The van der Waals surface area contributed by atoms with Gasteiger partial charge >= 0.3 is 0 Å². The summed E-state index contributed by atoms with van der Waals surface area (Å²) in [6.45, 7) is 0. The smallest absolute Gasteiger partial charge is 0.238 e. The molecule has 0 atom stereocenters. The van der Waals surface area contributed by atoms with E-state index in [1.165, 1.54) is 0 Å². The van der Waals surface area contributed by atoms with Crippen LogP contribution >= 0.6 is 15.9 Å². The molecule has 0 spiro atoms. The van der Waals surface area contributed by atoms with Crippen LogP contribution in [-0.2, 0) is 0 Å². The van der Waals surface area contributed by atoms with E-state index < -0.39 is 0 Å². The molecule has 0 bridgehead atoms. The van der Waals surface area contributed by atoms with E-state index in [0.717, 1.165) is 37.4 Å². The highest BCUT2D eigenvalue weighted by Gasteiger charge is 2.17. The Morgan fingerprint density at radius 3 is 1.75 bits per heavy atom. The zero-order chi connectivity index (χ0) is 21.5. The monoisotopic (exact) mass is 476 g/mol. The summed E-state index contributed by atoms with van der Waals surface area (Å²) in [5.41, 5.74) is 4.03. The van der Waals surface area contributed by atoms with Crippen LogP contribution in [0.15, 0.2) is 108 Å². The van der Waals surface area contributed by atoms with E-state index in [0.29, 0.717) is 17.6 Å². The molecule has 6 rings (SSSR count). The van der Waals surface area contributed by atoms with Gasteiger partial charge in [0.2, 0.25) is 5.95 Å². The zero-order valence-corrected chi connectivity index (χ0v) is 18.6. The summed E-state index contributed by atoms with van der Waals surface area (Å²) in [5.74, 6) is 1.90. The molecular weight excluding hydrogens is 460 g/mol. The number of aromatic nitrogens is 4. The van der Waals surface area contributed by atoms with Gasteiger partial charge in [-0.2, -0.15) is 9.97 Å². The first kappa shape index (κ1) is 18.9. The van der Waals surface area contributed by atoms with Crippen molar-refractivity contribution in [3.63, 3.8) is 0 Å². The molecular formula is C27H17BrN4. The van der Waals surface area contributed by atoms with Crippen molar-refractivity contribution in [2.24, 2.45) is 0 Å². The molecule has 4 nitrogen and oxygen atoms in total. The van der Waals surface area contributed by atoms with Gasteiger partial charge in [0.05, 0.1) is 11.0 Å². The van der Waals surface area contributed by atoms with Crippen LogP contribution in [0, 0.1) is 0 Å². The first-order chi connectivity index (χ1) is 15.8. The largest absolute Gasteiger partial charge is 0.278 e. The van der Waals surface area contributed by atoms with E-state index in [2.05, 4.69) is 56.9 Å². The van der Waals surface area contributed by atoms with Gasteiger partial charge in [0, 0.05) is 26.4 Å². The fourth-order valence-corrected chi connectivity index (χ4v) is 4.42. The minimum absolute atomic E-state index is 0.603. The van der Waals surface area contributed by atoms with Crippen LogP contribution in [-0.4, -0.2) is 19.5 Å². The molecule has 6 aromatic rings. The fourth-order valence-electron chi connectivity index (χ4n) is 4.06. The molecule has 2 aromatic heterocycles. The molecule has 0 unspecified atom stereocenters. The summed E-state index contributed by atoms with van der Waals surface area (Å²) < 4.78 is 3.16. The molecule has 32 heavy (non-hydrogen) atoms. The summed E-state index contributed by atoms with van der Waals surface area (Å²) in [4.78, 5) is 14.7. The van der Waals surface area contributed by atoms with E-state index in [-0.39, 0.29) is 0 Å². The van der Waals surface area contributed by atoms with Gasteiger partial charge in [0.1, 0.15) is 0 Å². The van der Waals surface area contributed by atoms with Gasteiger partial charge in [-0.1, -0.05) is 94.8 Å². The Kier molecular flexibility index (Phi) is 4.55. The first-order valence-corrected chi connectivity index (χ1v) is 11.1. The SMILES string of the molecule is Brc1ccc2c(c1)c1ccccc1n2-c1nc(-c2ccccc2)nc(-c2ccccc2)n1. The van der Waals surface area contributed by atoms with Crippen LogP contribution in [0.1, 0.15) is 0 Å². The number of para-hydroxylation sites is 1. The van der Waals surface area contributed by atoms with Crippen LogP contribution in [0.25, 0.3) is 50.5 Å². The van der Waals surface area contributed by atoms with Gasteiger partial charge in [0.25, 0.3) is 0 Å². The van der Waals surface area contributed by atoms with Crippen molar-refractivity contribution in [3.05, 3.63) is 108 Å². The van der Waals surface area contributed by atoms with Crippen molar-refractivity contribution in [2.75, 3.05) is 0 Å². The molecule has 0 saturated heterocycles. The maximum absolute atomic E-state index is 4.92. The molecule has 4 aromatic carbocycles. The number of rotatable bonds is 3. The van der Waals surface area contributed by atoms with Crippen molar-refractivity contribution in [1.82, 2.24) is 19.5 Å². The number of fused-ring (bicyclic) bond motifs is 3. The maximum atomic E-state index is 4.92. The Labute approximate surface area is 193 Å². The number of hydrogen-bond acceptors (Lipinski definition) is 3. The Morgan fingerprint density at radius 2 is 1.09 bits per heavy atom. The van der Waals surface area contributed by atoms with Crippen molar-refractivity contribution in [2.45, 2.75) is 0 Å². The van der Waals surface area contributed by atoms with Gasteiger partial charge < -0.3 is 0 Å². The predicted molar refractivity (Wildman–Crippen MR) is 133 cm³/mol. The third-order valence-electron chi connectivity index (χ3n) is 5.52. The van der Waals surface area contributed by atoms with Gasteiger partial charge in [-0.3, -0.25) is 4.57 Å². The van der Waals surface area contributed by atoms with Crippen LogP contribution in [0.5, 0.6) is 0 Å². The Bertz CT molecular complexity index is 1520. The predicted octanol–water partition coefficient (Wildman–Crippen LogP) is 7.07. The van der Waals surface area contributed by atoms with E-state index >= 15 is 0 Å². The zero-order valence-electron chi connectivity index (χ0n) is 17.0. The molecule has 0 saturated carbocycles. The molecule has 0 aliphatic heterocycles. The second kappa shape index (κ2) is 7.70. The third kappa shape index (κ3) is 3.18. The molecule has 0 aliphatic carbocycles. The first-order valence-electron chi connectivity index (χ1n) is 10.3. The highest BCUT2D eigenvalue weighted by atomic mass is 79.9. The van der Waals surface area contributed by atoms with E-state index in [4.69, 9.17) is 15.0 Å². The number of hydrogen-bond donors (Lipinski definition) is 0. The number of benzene rings is 4. The van der Waals surface area contributed by atoms with E-state index in [1.807, 2.05) is 66.7 Å². The van der Waals surface area contributed by atoms with Crippen LogP contribution in [0.4, 0.5) is 0 Å². The van der Waals surface area contributed by atoms with E-state index in [1.54, 1.807) is 0 Å². The van der Waals surface area contributed by atoms with Crippen molar-refractivity contribution < 1.29 is 0 Å². The summed E-state index contributed by atoms with van der Waals surface area (Å²) >= 11 is 3.62. The second-order valence-corrected chi connectivity index (χ2v) is 8.44. The second-order valence-electron chi connectivity index (χ2n) is 7.53. The standard InChI is InChI=1S/C27H17BrN4/c28-20-15-16-24-22(17-20)21-13-7-8-14-23(21)32(24)27-30-25(18-9-3-1-4-10-18)29-26(31-27)19-11-5-2-6-12-19/h1-17H. The summed E-state index contributed by atoms with van der Waals surface area (Å²) in [7, 11) is 0. The highest BCUT2D eigenvalue weighted by Crippen LogP contribution is 2.33. The quantitative estimate of drug-likeness (QED) is 0.274. The molecule has 152 valence electrons. The van der Waals surface area contributed by atoms with Crippen LogP contribution in [0.3, 0.4) is 0 Å². The molecule has 0 N–H and O–H groups in total. The van der Waals surface area contributed by atoms with Crippen LogP contribution in [0.2, 0.25) is 0 Å². The van der Waals surface area contributed by atoms with Crippen molar-refractivity contribution in [3.8, 4) is 28.7 Å². The van der Waals surface area contributed by atoms with Gasteiger partial charge in [0.15, 0.2) is 11.6 Å².